The van der Waals surface area contributed by atoms with Crippen molar-refractivity contribution in [3.63, 3.8) is 0 Å². The van der Waals surface area contributed by atoms with Crippen molar-refractivity contribution in [3.8, 4) is 5.75 Å². The highest BCUT2D eigenvalue weighted by atomic mass is 35.5. The summed E-state index contributed by atoms with van der Waals surface area (Å²) in [4.78, 5) is 10.4. The molecule has 18 heavy (non-hydrogen) atoms. The molecule has 0 radical (unpaired) electrons. The van der Waals surface area contributed by atoms with E-state index in [4.69, 9.17) is 16.3 Å². The van der Waals surface area contributed by atoms with Gasteiger partial charge in [0.2, 0.25) is 5.95 Å². The number of methoxy groups -OCH3 is 1. The molecule has 0 fully saturated rings. The lowest BCUT2D eigenvalue weighted by Gasteiger charge is -2.17. The van der Waals surface area contributed by atoms with Crippen molar-refractivity contribution >= 4 is 23.2 Å². The van der Waals surface area contributed by atoms with Gasteiger partial charge in [0.15, 0.2) is 0 Å². The molecule has 0 amide bonds. The van der Waals surface area contributed by atoms with E-state index in [1.807, 2.05) is 36.2 Å². The molecule has 0 spiro atoms. The van der Waals surface area contributed by atoms with Crippen LogP contribution in [0.15, 0.2) is 36.7 Å². The van der Waals surface area contributed by atoms with Crippen molar-refractivity contribution in [1.29, 1.82) is 0 Å². The lowest BCUT2D eigenvalue weighted by molar-refractivity contribution is 0.415. The van der Waals surface area contributed by atoms with E-state index in [9.17, 15) is 0 Å². The molecule has 0 aliphatic carbocycles. The Balaban J connectivity index is 2.20. The molecule has 2 aromatic rings. The van der Waals surface area contributed by atoms with Crippen molar-refractivity contribution in [1.82, 2.24) is 9.97 Å². The van der Waals surface area contributed by atoms with Gasteiger partial charge in [-0.2, -0.15) is 0 Å². The lowest BCUT2D eigenvalue weighted by Crippen LogP contribution is -2.12. The molecule has 94 valence electrons. The van der Waals surface area contributed by atoms with Crippen LogP contribution >= 0.6 is 11.6 Å². The summed E-state index contributed by atoms with van der Waals surface area (Å²) >= 11 is 5.70. The zero-order valence-corrected chi connectivity index (χ0v) is 11.1. The summed E-state index contributed by atoms with van der Waals surface area (Å²) in [6, 6.07) is 7.72. The molecular formula is C13H14ClN3O. The van der Waals surface area contributed by atoms with Crippen LogP contribution in [0, 0.1) is 0 Å². The predicted molar refractivity (Wildman–Crippen MR) is 72.6 cm³/mol. The molecular weight excluding hydrogens is 250 g/mol. The smallest absolute Gasteiger partial charge is 0.229 e. The van der Waals surface area contributed by atoms with Crippen molar-refractivity contribution in [2.45, 2.75) is 5.88 Å². The fourth-order valence-electron chi connectivity index (χ4n) is 1.51. The van der Waals surface area contributed by atoms with Crippen LogP contribution in [0.25, 0.3) is 0 Å². The van der Waals surface area contributed by atoms with Crippen LogP contribution in [-0.4, -0.2) is 24.1 Å². The van der Waals surface area contributed by atoms with E-state index in [0.29, 0.717) is 11.8 Å². The van der Waals surface area contributed by atoms with Gasteiger partial charge >= 0.3 is 0 Å². The van der Waals surface area contributed by atoms with Crippen LogP contribution in [0.2, 0.25) is 0 Å². The Hall–Kier alpha value is -1.81. The number of benzene rings is 1. The molecule has 4 nitrogen and oxygen atoms in total. The van der Waals surface area contributed by atoms with Crippen LogP contribution in [0.5, 0.6) is 5.75 Å². The normalized spacial score (nSPS) is 10.2. The van der Waals surface area contributed by atoms with Crippen molar-refractivity contribution in [2.24, 2.45) is 0 Å². The zero-order valence-electron chi connectivity index (χ0n) is 10.3. The predicted octanol–water partition coefficient (Wildman–Crippen LogP) is 2.99. The van der Waals surface area contributed by atoms with Gasteiger partial charge in [-0.1, -0.05) is 0 Å². The monoisotopic (exact) mass is 263 g/mol. The maximum atomic E-state index is 5.70. The highest BCUT2D eigenvalue weighted by Gasteiger charge is 2.06. The van der Waals surface area contributed by atoms with E-state index in [0.717, 1.165) is 17.0 Å². The van der Waals surface area contributed by atoms with E-state index >= 15 is 0 Å². The summed E-state index contributed by atoms with van der Waals surface area (Å²) in [5.41, 5.74) is 1.90. The molecule has 0 N–H and O–H groups in total. The van der Waals surface area contributed by atoms with Gasteiger partial charge < -0.3 is 9.64 Å². The van der Waals surface area contributed by atoms with Crippen LogP contribution in [0.1, 0.15) is 5.56 Å². The van der Waals surface area contributed by atoms with Gasteiger partial charge in [0, 0.05) is 30.7 Å². The quantitative estimate of drug-likeness (QED) is 0.795. The first kappa shape index (κ1) is 12.6. The number of halogens is 1. The first-order valence-electron chi connectivity index (χ1n) is 5.49. The molecule has 0 unspecified atom stereocenters. The SMILES string of the molecule is COc1ccc(N(C)c2ncc(CCl)cn2)cc1. The number of hydrogen-bond acceptors (Lipinski definition) is 4. The average molecular weight is 264 g/mol. The van der Waals surface area contributed by atoms with E-state index in [-0.39, 0.29) is 0 Å². The van der Waals surface area contributed by atoms with Gasteiger partial charge in [0.1, 0.15) is 5.75 Å². The van der Waals surface area contributed by atoms with Crippen LogP contribution in [-0.2, 0) is 5.88 Å². The zero-order chi connectivity index (χ0) is 13.0. The third kappa shape index (κ3) is 2.71. The number of anilines is 2. The summed E-state index contributed by atoms with van der Waals surface area (Å²) in [7, 11) is 3.56. The van der Waals surface area contributed by atoms with Gasteiger partial charge in [-0.25, -0.2) is 9.97 Å². The summed E-state index contributed by atoms with van der Waals surface area (Å²) in [6.07, 6.45) is 3.46. The summed E-state index contributed by atoms with van der Waals surface area (Å²) in [5.74, 6) is 1.88. The Morgan fingerprint density at radius 2 is 1.78 bits per heavy atom. The Morgan fingerprint density at radius 3 is 2.28 bits per heavy atom. The largest absolute Gasteiger partial charge is 0.497 e. The molecule has 2 rings (SSSR count). The second kappa shape index (κ2) is 5.69. The highest BCUT2D eigenvalue weighted by Crippen LogP contribution is 2.22. The van der Waals surface area contributed by atoms with Gasteiger partial charge in [-0.05, 0) is 24.3 Å². The highest BCUT2D eigenvalue weighted by molar-refractivity contribution is 6.17. The molecule has 5 heteroatoms. The Morgan fingerprint density at radius 1 is 1.17 bits per heavy atom. The number of hydrogen-bond donors (Lipinski definition) is 0. The minimum Gasteiger partial charge on any atom is -0.497 e. The van der Waals surface area contributed by atoms with Crippen molar-refractivity contribution in [3.05, 3.63) is 42.2 Å². The molecule has 1 aromatic heterocycles. The first-order valence-corrected chi connectivity index (χ1v) is 6.02. The maximum absolute atomic E-state index is 5.70. The Labute approximate surface area is 111 Å². The molecule has 0 bridgehead atoms. The molecule has 0 saturated carbocycles. The topological polar surface area (TPSA) is 38.2 Å². The summed E-state index contributed by atoms with van der Waals surface area (Å²) < 4.78 is 5.12. The van der Waals surface area contributed by atoms with Crippen molar-refractivity contribution in [2.75, 3.05) is 19.1 Å². The van der Waals surface area contributed by atoms with E-state index < -0.39 is 0 Å². The molecule has 1 aromatic carbocycles. The lowest BCUT2D eigenvalue weighted by atomic mass is 10.3. The average Bonchev–Trinajstić information content (AvgIpc) is 2.47. The van der Waals surface area contributed by atoms with E-state index in [2.05, 4.69) is 9.97 Å². The summed E-state index contributed by atoms with van der Waals surface area (Å²) in [6.45, 7) is 0. The van der Waals surface area contributed by atoms with Crippen LogP contribution < -0.4 is 9.64 Å². The van der Waals surface area contributed by atoms with Gasteiger partial charge in [0.05, 0.1) is 13.0 Å². The second-order valence-electron chi connectivity index (χ2n) is 3.78. The molecule has 0 atom stereocenters. The number of aromatic nitrogens is 2. The van der Waals surface area contributed by atoms with Crippen LogP contribution in [0.3, 0.4) is 0 Å². The fourth-order valence-corrected chi connectivity index (χ4v) is 1.65. The maximum Gasteiger partial charge on any atom is 0.229 e. The van der Waals surface area contributed by atoms with Gasteiger partial charge in [-0.3, -0.25) is 0 Å². The number of alkyl halides is 1. The van der Waals surface area contributed by atoms with Gasteiger partial charge in [0.25, 0.3) is 0 Å². The molecule has 0 aliphatic rings. The standard InChI is InChI=1S/C13H14ClN3O/c1-17(11-3-5-12(18-2)6-4-11)13-15-8-10(7-14)9-16-13/h3-6,8-9H,7H2,1-2H3. The minimum atomic E-state index is 0.423. The van der Waals surface area contributed by atoms with Crippen molar-refractivity contribution < 1.29 is 4.74 Å². The molecule has 1 heterocycles. The Bertz CT molecular complexity index is 451. The summed E-state index contributed by atoms with van der Waals surface area (Å²) in [5, 5.41) is 0. The third-order valence-corrected chi connectivity index (χ3v) is 2.91. The Kier molecular flexibility index (Phi) is 3.99. The number of ether oxygens (including phenoxy) is 1. The van der Waals surface area contributed by atoms with Crippen LogP contribution in [0.4, 0.5) is 11.6 Å². The first-order chi connectivity index (χ1) is 8.74. The second-order valence-corrected chi connectivity index (χ2v) is 4.05. The molecule has 0 saturated heterocycles. The van der Waals surface area contributed by atoms with Gasteiger partial charge in [-0.15, -0.1) is 11.6 Å². The van der Waals surface area contributed by atoms with E-state index in [1.54, 1.807) is 19.5 Å². The fraction of sp³-hybridized carbons (Fsp3) is 0.231. The number of nitrogens with zero attached hydrogens (tertiary/aromatic N) is 3. The number of rotatable bonds is 4. The van der Waals surface area contributed by atoms with E-state index in [1.165, 1.54) is 0 Å². The molecule has 0 aliphatic heterocycles. The minimum absolute atomic E-state index is 0.423. The third-order valence-electron chi connectivity index (χ3n) is 2.61.